The molecule has 0 spiro atoms. The summed E-state index contributed by atoms with van der Waals surface area (Å²) in [6.07, 6.45) is -0.262. The highest BCUT2D eigenvalue weighted by Gasteiger charge is 2.48. The number of hydrogen-bond acceptors (Lipinski definition) is 3. The summed E-state index contributed by atoms with van der Waals surface area (Å²) in [4.78, 5) is 28.5. The van der Waals surface area contributed by atoms with Crippen LogP contribution in [0.1, 0.15) is 18.9 Å². The van der Waals surface area contributed by atoms with Crippen LogP contribution < -0.4 is 0 Å². The third-order valence-electron chi connectivity index (χ3n) is 5.12. The monoisotopic (exact) mass is 324 g/mol. The number of rotatable bonds is 2. The number of carbonyl (C=O) groups excluding carboxylic acids is 2. The lowest BCUT2D eigenvalue weighted by Crippen LogP contribution is -2.61. The van der Waals surface area contributed by atoms with Crippen molar-refractivity contribution in [3.8, 4) is 0 Å². The Balaban J connectivity index is 1.62. The Kier molecular flexibility index (Phi) is 3.53. The third-order valence-corrected chi connectivity index (χ3v) is 5.12. The number of hydrogen-bond donors (Lipinski definition) is 1. The van der Waals surface area contributed by atoms with E-state index in [0.29, 0.717) is 13.0 Å². The van der Waals surface area contributed by atoms with Crippen LogP contribution in [0.5, 0.6) is 0 Å². The first kappa shape index (κ1) is 15.1. The molecule has 2 amide bonds. The minimum atomic E-state index is -0.601. The Morgan fingerprint density at radius 2 is 1.83 bits per heavy atom. The van der Waals surface area contributed by atoms with Crippen molar-refractivity contribution in [2.45, 2.75) is 38.1 Å². The number of aliphatic hydroxyl groups is 1. The number of nitrogens with zero attached hydrogens (tertiary/aromatic N) is 2. The van der Waals surface area contributed by atoms with Crippen molar-refractivity contribution in [1.82, 2.24) is 9.80 Å². The average Bonchev–Trinajstić information content (AvgIpc) is 2.99. The van der Waals surface area contributed by atoms with Crippen LogP contribution in [0.25, 0.3) is 10.8 Å². The summed E-state index contributed by atoms with van der Waals surface area (Å²) in [7, 11) is 0. The molecule has 2 heterocycles. The Hall–Kier alpha value is -2.40. The first-order valence-electron chi connectivity index (χ1n) is 8.31. The number of benzene rings is 2. The SMILES string of the molecule is CC1C(=O)N2C[C@H](O)CC2C(=O)N1Cc1ccc2ccccc2c1. The molecular formula is C19H20N2O3. The fourth-order valence-corrected chi connectivity index (χ4v) is 3.80. The summed E-state index contributed by atoms with van der Waals surface area (Å²) in [5.74, 6) is -0.135. The number of amides is 2. The van der Waals surface area contributed by atoms with Gasteiger partial charge in [-0.05, 0) is 29.3 Å². The summed E-state index contributed by atoms with van der Waals surface area (Å²) >= 11 is 0. The van der Waals surface area contributed by atoms with E-state index in [2.05, 4.69) is 12.1 Å². The summed E-state index contributed by atoms with van der Waals surface area (Å²) < 4.78 is 0. The van der Waals surface area contributed by atoms with E-state index in [4.69, 9.17) is 0 Å². The zero-order valence-corrected chi connectivity index (χ0v) is 13.6. The predicted molar refractivity (Wildman–Crippen MR) is 90.1 cm³/mol. The Morgan fingerprint density at radius 1 is 1.08 bits per heavy atom. The predicted octanol–water partition coefficient (Wildman–Crippen LogP) is 1.53. The molecule has 5 nitrogen and oxygen atoms in total. The number of fused-ring (bicyclic) bond motifs is 2. The summed E-state index contributed by atoms with van der Waals surface area (Å²) in [6, 6.07) is 13.2. The summed E-state index contributed by atoms with van der Waals surface area (Å²) in [6.45, 7) is 2.45. The molecule has 2 aromatic rings. The first-order valence-corrected chi connectivity index (χ1v) is 8.31. The highest BCUT2D eigenvalue weighted by atomic mass is 16.3. The van der Waals surface area contributed by atoms with E-state index in [0.717, 1.165) is 16.3 Å². The van der Waals surface area contributed by atoms with Crippen LogP contribution in [0.15, 0.2) is 42.5 Å². The second-order valence-electron chi connectivity index (χ2n) is 6.72. The molecule has 0 aromatic heterocycles. The molecule has 1 N–H and O–H groups in total. The zero-order chi connectivity index (χ0) is 16.8. The lowest BCUT2D eigenvalue weighted by molar-refractivity contribution is -0.159. The molecule has 124 valence electrons. The van der Waals surface area contributed by atoms with E-state index in [1.165, 1.54) is 4.90 Å². The highest BCUT2D eigenvalue weighted by Crippen LogP contribution is 2.28. The number of piperazine rings is 1. The minimum absolute atomic E-state index is 0.0631. The van der Waals surface area contributed by atoms with Gasteiger partial charge in [0, 0.05) is 19.5 Å². The average molecular weight is 324 g/mol. The van der Waals surface area contributed by atoms with Crippen molar-refractivity contribution in [3.63, 3.8) is 0 Å². The lowest BCUT2D eigenvalue weighted by atomic mass is 10.0. The quantitative estimate of drug-likeness (QED) is 0.911. The van der Waals surface area contributed by atoms with E-state index in [1.807, 2.05) is 30.3 Å². The molecule has 2 saturated heterocycles. The third kappa shape index (κ3) is 2.36. The Labute approximate surface area is 140 Å². The molecule has 2 unspecified atom stereocenters. The highest BCUT2D eigenvalue weighted by molar-refractivity contribution is 5.97. The van der Waals surface area contributed by atoms with E-state index >= 15 is 0 Å². The number of aliphatic hydroxyl groups excluding tert-OH is 1. The molecule has 24 heavy (non-hydrogen) atoms. The molecule has 0 bridgehead atoms. The second-order valence-corrected chi connectivity index (χ2v) is 6.72. The second kappa shape index (κ2) is 5.60. The fourth-order valence-electron chi connectivity index (χ4n) is 3.80. The number of carbonyl (C=O) groups is 2. The van der Waals surface area contributed by atoms with Crippen molar-refractivity contribution in [3.05, 3.63) is 48.0 Å². The maximum atomic E-state index is 12.8. The smallest absolute Gasteiger partial charge is 0.246 e. The summed E-state index contributed by atoms with van der Waals surface area (Å²) in [5, 5.41) is 12.1. The van der Waals surface area contributed by atoms with Gasteiger partial charge >= 0.3 is 0 Å². The van der Waals surface area contributed by atoms with Gasteiger partial charge < -0.3 is 14.9 Å². The minimum Gasteiger partial charge on any atom is -0.391 e. The van der Waals surface area contributed by atoms with Gasteiger partial charge in [0.1, 0.15) is 12.1 Å². The van der Waals surface area contributed by atoms with Gasteiger partial charge in [-0.25, -0.2) is 0 Å². The van der Waals surface area contributed by atoms with Gasteiger partial charge in [-0.15, -0.1) is 0 Å². The van der Waals surface area contributed by atoms with Gasteiger partial charge in [-0.3, -0.25) is 9.59 Å². The molecular weight excluding hydrogens is 304 g/mol. The van der Waals surface area contributed by atoms with Crippen molar-refractivity contribution in [2.24, 2.45) is 0 Å². The molecule has 2 fully saturated rings. The van der Waals surface area contributed by atoms with E-state index in [1.54, 1.807) is 11.8 Å². The van der Waals surface area contributed by atoms with E-state index in [-0.39, 0.29) is 18.4 Å². The first-order chi connectivity index (χ1) is 11.5. The normalized spacial score (nSPS) is 27.0. The largest absolute Gasteiger partial charge is 0.391 e. The zero-order valence-electron chi connectivity index (χ0n) is 13.6. The van der Waals surface area contributed by atoms with E-state index < -0.39 is 18.2 Å². The van der Waals surface area contributed by atoms with E-state index in [9.17, 15) is 14.7 Å². The van der Waals surface area contributed by atoms with Gasteiger partial charge in [-0.1, -0.05) is 36.4 Å². The summed E-state index contributed by atoms with van der Waals surface area (Å²) in [5.41, 5.74) is 1.01. The lowest BCUT2D eigenvalue weighted by Gasteiger charge is -2.40. The van der Waals surface area contributed by atoms with Crippen molar-refractivity contribution in [2.75, 3.05) is 6.54 Å². The van der Waals surface area contributed by atoms with Crippen LogP contribution in [0.3, 0.4) is 0 Å². The maximum absolute atomic E-state index is 12.8. The van der Waals surface area contributed by atoms with Gasteiger partial charge in [0.05, 0.1) is 6.10 Å². The van der Waals surface area contributed by atoms with Crippen molar-refractivity contribution < 1.29 is 14.7 Å². The molecule has 4 rings (SSSR count). The van der Waals surface area contributed by atoms with Crippen LogP contribution in [-0.4, -0.2) is 51.5 Å². The molecule has 5 heteroatoms. The Morgan fingerprint density at radius 3 is 2.62 bits per heavy atom. The molecule has 0 aliphatic carbocycles. The van der Waals surface area contributed by atoms with Crippen molar-refractivity contribution in [1.29, 1.82) is 0 Å². The maximum Gasteiger partial charge on any atom is 0.246 e. The van der Waals surface area contributed by atoms with Crippen LogP contribution in [0, 0.1) is 0 Å². The molecule has 2 aliphatic rings. The van der Waals surface area contributed by atoms with Gasteiger partial charge in [0.2, 0.25) is 11.8 Å². The van der Waals surface area contributed by atoms with Crippen LogP contribution in [-0.2, 0) is 16.1 Å². The molecule has 2 aliphatic heterocycles. The molecule has 2 aromatic carbocycles. The van der Waals surface area contributed by atoms with Crippen molar-refractivity contribution >= 4 is 22.6 Å². The molecule has 0 radical (unpaired) electrons. The molecule has 0 saturated carbocycles. The van der Waals surface area contributed by atoms with Crippen LogP contribution in [0.4, 0.5) is 0 Å². The van der Waals surface area contributed by atoms with Gasteiger partial charge in [0.25, 0.3) is 0 Å². The van der Waals surface area contributed by atoms with Gasteiger partial charge in [-0.2, -0.15) is 0 Å². The Bertz CT molecular complexity index is 819. The standard InChI is InChI=1S/C19H20N2O3/c1-12-18(23)21-11-16(22)9-17(21)19(24)20(12)10-13-6-7-14-4-2-3-5-15(14)8-13/h2-8,12,16-17,22H,9-11H2,1H3/t12?,16-,17?/m1/s1. The topological polar surface area (TPSA) is 60.9 Å². The van der Waals surface area contributed by atoms with Crippen LogP contribution in [0.2, 0.25) is 0 Å². The molecule has 3 atom stereocenters. The van der Waals surface area contributed by atoms with Crippen LogP contribution >= 0.6 is 0 Å². The fraction of sp³-hybridized carbons (Fsp3) is 0.368. The van der Waals surface area contributed by atoms with Gasteiger partial charge in [0.15, 0.2) is 0 Å².